The molecule has 28 heavy (non-hydrogen) atoms. The molecule has 0 bridgehead atoms. The van der Waals surface area contributed by atoms with E-state index in [1.165, 1.54) is 49.6 Å². The van der Waals surface area contributed by atoms with Gasteiger partial charge >= 0.3 is 11.9 Å². The van der Waals surface area contributed by atoms with Crippen molar-refractivity contribution in [3.05, 3.63) is 59.7 Å². The van der Waals surface area contributed by atoms with E-state index in [1.54, 1.807) is 0 Å². The Morgan fingerprint density at radius 3 is 2.36 bits per heavy atom. The number of nitrogens with one attached hydrogen (secondary N) is 1. The molecule has 2 rings (SSSR count). The predicted octanol–water partition coefficient (Wildman–Crippen LogP) is 0.890. The lowest BCUT2D eigenvalue weighted by Crippen LogP contribution is -2.35. The van der Waals surface area contributed by atoms with Crippen molar-refractivity contribution in [3.8, 4) is 5.75 Å². The molecule has 0 saturated carbocycles. The van der Waals surface area contributed by atoms with E-state index >= 15 is 0 Å². The van der Waals surface area contributed by atoms with Crippen LogP contribution in [0.4, 0.5) is 0 Å². The predicted molar refractivity (Wildman–Crippen MR) is 97.9 cm³/mol. The van der Waals surface area contributed by atoms with Gasteiger partial charge in [-0.25, -0.2) is 22.7 Å². The molecular formula is C18H19NO8S. The molecule has 2 aromatic rings. The van der Waals surface area contributed by atoms with Gasteiger partial charge in [-0.3, -0.25) is 0 Å². The number of carboxylic acids is 1. The van der Waals surface area contributed by atoms with Crippen LogP contribution in [0.5, 0.6) is 5.75 Å². The summed E-state index contributed by atoms with van der Waals surface area (Å²) in [7, 11) is -2.87. The van der Waals surface area contributed by atoms with Crippen molar-refractivity contribution in [3.63, 3.8) is 0 Å². The zero-order valence-electron chi connectivity index (χ0n) is 14.9. The minimum Gasteiger partial charge on any atom is -0.491 e. The fourth-order valence-corrected chi connectivity index (χ4v) is 3.49. The number of carbonyl (C=O) groups is 2. The van der Waals surface area contributed by atoms with Crippen LogP contribution in [0.1, 0.15) is 20.7 Å². The van der Waals surface area contributed by atoms with Crippen LogP contribution in [0.3, 0.4) is 0 Å². The second-order valence-electron chi connectivity index (χ2n) is 5.63. The van der Waals surface area contributed by atoms with Crippen molar-refractivity contribution in [1.29, 1.82) is 0 Å². The van der Waals surface area contributed by atoms with E-state index in [0.29, 0.717) is 11.3 Å². The van der Waals surface area contributed by atoms with Gasteiger partial charge in [-0.1, -0.05) is 12.1 Å². The molecular weight excluding hydrogens is 390 g/mol. The molecule has 0 aromatic heterocycles. The van der Waals surface area contributed by atoms with Crippen LogP contribution in [0.25, 0.3) is 0 Å². The maximum Gasteiger partial charge on any atom is 0.337 e. The second kappa shape index (κ2) is 9.31. The molecule has 1 unspecified atom stereocenters. The molecule has 2 aromatic carbocycles. The quantitative estimate of drug-likeness (QED) is 0.519. The van der Waals surface area contributed by atoms with Gasteiger partial charge in [-0.05, 0) is 36.4 Å². The molecule has 9 nitrogen and oxygen atoms in total. The lowest BCUT2D eigenvalue weighted by Gasteiger charge is -2.14. The summed E-state index contributed by atoms with van der Waals surface area (Å²) in [4.78, 5) is 22.1. The molecule has 0 radical (unpaired) electrons. The SMILES string of the molecule is COC(=O)c1ccc(OCC(O)CNS(=O)(=O)c2ccccc2C(=O)O)cc1. The summed E-state index contributed by atoms with van der Waals surface area (Å²) in [6, 6.07) is 11.1. The van der Waals surface area contributed by atoms with Gasteiger partial charge in [-0.2, -0.15) is 0 Å². The van der Waals surface area contributed by atoms with Gasteiger partial charge in [0.2, 0.25) is 10.0 Å². The average Bonchev–Trinajstić information content (AvgIpc) is 2.70. The first-order valence-electron chi connectivity index (χ1n) is 8.06. The summed E-state index contributed by atoms with van der Waals surface area (Å²) in [5.41, 5.74) is -0.0355. The summed E-state index contributed by atoms with van der Waals surface area (Å²) in [6.45, 7) is -0.600. The van der Waals surface area contributed by atoms with Crippen molar-refractivity contribution >= 4 is 22.0 Å². The Kier molecular flexibility index (Phi) is 7.10. The van der Waals surface area contributed by atoms with Gasteiger partial charge < -0.3 is 19.7 Å². The van der Waals surface area contributed by atoms with Crippen LogP contribution < -0.4 is 9.46 Å². The fourth-order valence-electron chi connectivity index (χ4n) is 2.22. The monoisotopic (exact) mass is 409 g/mol. The van der Waals surface area contributed by atoms with Gasteiger partial charge in [0.15, 0.2) is 0 Å². The van der Waals surface area contributed by atoms with Gasteiger partial charge in [-0.15, -0.1) is 0 Å². The van der Waals surface area contributed by atoms with Crippen LogP contribution >= 0.6 is 0 Å². The number of hydrogen-bond donors (Lipinski definition) is 3. The van der Waals surface area contributed by atoms with E-state index in [4.69, 9.17) is 9.84 Å². The van der Waals surface area contributed by atoms with Gasteiger partial charge in [0.05, 0.1) is 23.1 Å². The Labute approximate surface area is 161 Å². The van der Waals surface area contributed by atoms with Gasteiger partial charge in [0, 0.05) is 6.54 Å². The third-order valence-corrected chi connectivity index (χ3v) is 5.12. The highest BCUT2D eigenvalue weighted by Gasteiger charge is 2.22. The van der Waals surface area contributed by atoms with Crippen molar-refractivity contribution in [2.75, 3.05) is 20.3 Å². The van der Waals surface area contributed by atoms with Crippen molar-refractivity contribution in [1.82, 2.24) is 4.72 Å². The fraction of sp³-hybridized carbons (Fsp3) is 0.222. The zero-order valence-corrected chi connectivity index (χ0v) is 15.7. The summed E-state index contributed by atoms with van der Waals surface area (Å²) >= 11 is 0. The molecule has 150 valence electrons. The number of rotatable bonds is 9. The number of esters is 1. The minimum absolute atomic E-state index is 0.222. The number of carboxylic acid groups (broad SMARTS) is 1. The third-order valence-electron chi connectivity index (χ3n) is 3.63. The Balaban J connectivity index is 1.92. The van der Waals surface area contributed by atoms with Crippen LogP contribution in [0.15, 0.2) is 53.4 Å². The average molecular weight is 409 g/mol. The van der Waals surface area contributed by atoms with Crippen LogP contribution in [-0.2, 0) is 14.8 Å². The first kappa shape index (κ1) is 21.4. The first-order chi connectivity index (χ1) is 13.2. The Morgan fingerprint density at radius 2 is 1.75 bits per heavy atom. The molecule has 1 atom stereocenters. The lowest BCUT2D eigenvalue weighted by atomic mass is 10.2. The van der Waals surface area contributed by atoms with E-state index in [9.17, 15) is 23.1 Å². The maximum absolute atomic E-state index is 12.3. The maximum atomic E-state index is 12.3. The molecule has 0 heterocycles. The second-order valence-corrected chi connectivity index (χ2v) is 7.37. The van der Waals surface area contributed by atoms with Crippen molar-refractivity contribution in [2.24, 2.45) is 0 Å². The third kappa shape index (κ3) is 5.52. The van der Waals surface area contributed by atoms with E-state index in [-0.39, 0.29) is 18.7 Å². The van der Waals surface area contributed by atoms with Crippen molar-refractivity contribution < 1.29 is 37.7 Å². The van der Waals surface area contributed by atoms with E-state index < -0.39 is 33.0 Å². The number of hydrogen-bond acceptors (Lipinski definition) is 7. The first-order valence-corrected chi connectivity index (χ1v) is 9.54. The molecule has 0 spiro atoms. The van der Waals surface area contributed by atoms with E-state index in [0.717, 1.165) is 6.07 Å². The molecule has 3 N–H and O–H groups in total. The molecule has 0 fully saturated rings. The lowest BCUT2D eigenvalue weighted by molar-refractivity contribution is 0.0599. The van der Waals surface area contributed by atoms with Crippen LogP contribution in [0, 0.1) is 0 Å². The summed E-state index contributed by atoms with van der Waals surface area (Å²) in [5.74, 6) is -1.51. The van der Waals surface area contributed by atoms with Gasteiger partial charge in [0.25, 0.3) is 0 Å². The number of ether oxygens (including phenoxy) is 2. The van der Waals surface area contributed by atoms with Crippen LogP contribution in [-0.4, -0.2) is 56.9 Å². The summed E-state index contributed by atoms with van der Waals surface area (Å²) in [5, 5.41) is 19.0. The smallest absolute Gasteiger partial charge is 0.337 e. The Bertz CT molecular complexity index is 940. The van der Waals surface area contributed by atoms with Crippen LogP contribution in [0.2, 0.25) is 0 Å². The topological polar surface area (TPSA) is 139 Å². The number of sulfonamides is 1. The number of aliphatic hydroxyl groups excluding tert-OH is 1. The highest BCUT2D eigenvalue weighted by molar-refractivity contribution is 7.89. The number of carbonyl (C=O) groups excluding carboxylic acids is 1. The summed E-state index contributed by atoms with van der Waals surface area (Å²) < 4.78 is 36.7. The molecule has 0 saturated heterocycles. The normalized spacial score (nSPS) is 12.2. The van der Waals surface area contributed by atoms with E-state index in [1.807, 2.05) is 0 Å². The number of methoxy groups -OCH3 is 1. The number of aromatic carboxylic acids is 1. The molecule has 0 aliphatic carbocycles. The standard InChI is InChI=1S/C18H19NO8S/c1-26-18(23)12-6-8-14(9-7-12)27-11-13(20)10-19-28(24,25)16-5-3-2-4-15(16)17(21)22/h2-9,13,19-20H,10-11H2,1H3,(H,21,22). The molecule has 0 aliphatic rings. The van der Waals surface area contributed by atoms with E-state index in [2.05, 4.69) is 9.46 Å². The zero-order chi connectivity index (χ0) is 20.7. The molecule has 10 heteroatoms. The highest BCUT2D eigenvalue weighted by atomic mass is 32.2. The Hall–Kier alpha value is -2.95. The number of aliphatic hydroxyl groups is 1. The molecule has 0 amide bonds. The summed E-state index contributed by atoms with van der Waals surface area (Å²) in [6.07, 6.45) is -1.19. The Morgan fingerprint density at radius 1 is 1.11 bits per heavy atom. The molecule has 0 aliphatic heterocycles. The largest absolute Gasteiger partial charge is 0.491 e. The van der Waals surface area contributed by atoms with Gasteiger partial charge in [0.1, 0.15) is 18.5 Å². The number of benzene rings is 2. The van der Waals surface area contributed by atoms with Crippen molar-refractivity contribution in [2.45, 2.75) is 11.0 Å². The highest BCUT2D eigenvalue weighted by Crippen LogP contribution is 2.16. The minimum atomic E-state index is -4.13.